The Morgan fingerprint density at radius 3 is 1.29 bits per heavy atom. The Kier molecular flexibility index (Phi) is 15.8. The zero-order valence-electron chi connectivity index (χ0n) is 42.8. The van der Waals surface area contributed by atoms with Crippen LogP contribution in [0.4, 0.5) is 20.4 Å². The summed E-state index contributed by atoms with van der Waals surface area (Å²) < 4.78 is 59.7. The van der Waals surface area contributed by atoms with Crippen molar-refractivity contribution >= 4 is 80.0 Å². The van der Waals surface area contributed by atoms with Gasteiger partial charge in [0.2, 0.25) is 22.9 Å². The molecular weight excluding hydrogens is 1110 g/mol. The molecule has 8 atom stereocenters. The van der Waals surface area contributed by atoms with Crippen LogP contribution in [0.25, 0.3) is 22.1 Å². The number of amides is 2. The fraction of sp³-hybridized carbons (Fsp3) is 0.254. The Morgan fingerprint density at radius 1 is 0.577 bits per heavy atom. The summed E-state index contributed by atoms with van der Waals surface area (Å²) in [5.41, 5.74) is -1.14. The van der Waals surface area contributed by atoms with Gasteiger partial charge in [0, 0.05) is 29.9 Å². The largest absolute Gasteiger partial charge is 0.437 e. The molecule has 78 heavy (non-hydrogen) atoms. The average Bonchev–Trinajstić information content (AvgIpc) is 4.39. The van der Waals surface area contributed by atoms with Crippen LogP contribution < -0.4 is 10.6 Å². The average molecular weight is 1170 g/mol. The smallest absolute Gasteiger partial charge is 0.339 e. The molecule has 4 aromatic carbocycles. The predicted octanol–water partition coefficient (Wildman–Crippen LogP) is 11.1. The Labute approximate surface area is 461 Å². The molecule has 19 heteroatoms. The van der Waals surface area contributed by atoms with E-state index in [0.717, 1.165) is 0 Å². The van der Waals surface area contributed by atoms with Crippen LogP contribution in [0, 0.1) is 35.5 Å². The maximum absolute atomic E-state index is 16.2. The number of carbonyl (C=O) groups excluding carboxylic acids is 4. The monoisotopic (exact) mass is 1160 g/mol. The molecule has 0 radical (unpaired) electrons. The molecule has 0 bridgehead atoms. The SMILES string of the molecule is CC#C[C@]1(OC(=O)c2ccccc2)[C@H](n2ccc3c(NC(=O)c4ccccc4)ncnc32)O[C@](F)(CC)[C@H]1C.CC#C[C@]1(OC(=O)c2ccccc2)[C@H](n2ccc3c(NC(=O)c4ccccc4)ncnc32)O[C@](F)(CI)[C@H]1C. The number of benzene rings is 4. The summed E-state index contributed by atoms with van der Waals surface area (Å²) in [4.78, 5) is 69.4. The number of nitrogens with one attached hydrogen (secondary N) is 2. The zero-order chi connectivity index (χ0) is 55.2. The number of hydrogen-bond acceptors (Lipinski definition) is 12. The number of hydrogen-bond donors (Lipinski definition) is 2. The Bertz CT molecular complexity index is 3410. The van der Waals surface area contributed by atoms with E-state index in [4.69, 9.17) is 18.9 Å². The maximum Gasteiger partial charge on any atom is 0.339 e. The van der Waals surface area contributed by atoms with Gasteiger partial charge in [0.25, 0.3) is 11.8 Å². The van der Waals surface area contributed by atoms with Crippen LogP contribution in [0.15, 0.2) is 159 Å². The van der Waals surface area contributed by atoms with Crippen molar-refractivity contribution in [2.45, 2.75) is 76.4 Å². The van der Waals surface area contributed by atoms with E-state index in [9.17, 15) is 19.2 Å². The molecule has 396 valence electrons. The molecule has 2 N–H and O–H groups in total. The molecule has 2 saturated heterocycles. The van der Waals surface area contributed by atoms with Crippen LogP contribution in [0.2, 0.25) is 0 Å². The minimum atomic E-state index is -2.15. The molecule has 0 unspecified atom stereocenters. The van der Waals surface area contributed by atoms with E-state index in [2.05, 4.69) is 54.3 Å². The molecule has 6 heterocycles. The lowest BCUT2D eigenvalue weighted by atomic mass is 9.83. The van der Waals surface area contributed by atoms with E-state index in [1.165, 1.54) is 12.7 Å². The molecule has 2 fully saturated rings. The fourth-order valence-electron chi connectivity index (χ4n) is 9.57. The van der Waals surface area contributed by atoms with Crippen molar-refractivity contribution in [1.82, 2.24) is 29.1 Å². The number of aromatic nitrogens is 6. The molecular formula is C59H51F2IN8O8. The standard InChI is InChI=1S/C30H27FN4O4.C29H24FIN4O4/c1-4-17-29(38-27(37)22-14-10-7-11-15-22)20(3)30(31,5-2)39-28(29)35-18-16-23-24(32-19-33-25(23)35)34-26(36)21-12-8-6-9-13-21;1-3-15-28(38-26(37)21-12-8-5-9-13-21)19(2)29(30,17-31)39-27(28)35-16-14-22-23(32-18-33-24(22)35)34-25(36)20-10-6-4-7-11-20/h6-16,18-20,28H,5H2,1-3H3,(H,32,33,34,36);4-14,16,18-19,27H,17H2,1-2H3,(H,32,33,34,36)/t20-,28+,29+,30+;19-,27+,28+,29+/m00/s1. The van der Waals surface area contributed by atoms with Crippen LogP contribution in [-0.4, -0.2) is 80.2 Å². The fourth-order valence-corrected chi connectivity index (χ4v) is 10.4. The van der Waals surface area contributed by atoms with Crippen molar-refractivity contribution in [3.05, 3.63) is 181 Å². The normalized spacial score (nSPS) is 24.1. The van der Waals surface area contributed by atoms with Crippen LogP contribution in [-0.2, 0) is 18.9 Å². The number of esters is 2. The Hall–Kier alpha value is -8.37. The van der Waals surface area contributed by atoms with Gasteiger partial charge >= 0.3 is 11.9 Å². The summed E-state index contributed by atoms with van der Waals surface area (Å²) in [6, 6.07) is 37.7. The van der Waals surface area contributed by atoms with E-state index >= 15 is 8.78 Å². The third-order valence-electron chi connectivity index (χ3n) is 13.8. The summed E-state index contributed by atoms with van der Waals surface area (Å²) in [6.45, 7) is 8.09. The highest BCUT2D eigenvalue weighted by Crippen LogP contribution is 2.55. The summed E-state index contributed by atoms with van der Waals surface area (Å²) in [7, 11) is 0. The summed E-state index contributed by atoms with van der Waals surface area (Å²) in [5.74, 6) is 3.94. The van der Waals surface area contributed by atoms with Crippen LogP contribution in [0.1, 0.15) is 94.9 Å². The number of carbonyl (C=O) groups is 4. The third kappa shape index (κ3) is 10.2. The van der Waals surface area contributed by atoms with Gasteiger partial charge in [-0.25, -0.2) is 38.3 Å². The van der Waals surface area contributed by atoms with Crippen molar-refractivity contribution in [2.24, 2.45) is 11.8 Å². The van der Waals surface area contributed by atoms with E-state index < -0.39 is 59.1 Å². The van der Waals surface area contributed by atoms with Gasteiger partial charge in [0.15, 0.2) is 12.5 Å². The van der Waals surface area contributed by atoms with Gasteiger partial charge in [-0.2, -0.15) is 0 Å². The lowest BCUT2D eigenvalue weighted by Gasteiger charge is -2.33. The highest BCUT2D eigenvalue weighted by molar-refractivity contribution is 14.1. The lowest BCUT2D eigenvalue weighted by Crippen LogP contribution is -2.46. The second kappa shape index (κ2) is 22.7. The number of alkyl halides is 3. The first-order valence-corrected chi connectivity index (χ1v) is 26.3. The molecule has 2 aliphatic rings. The Balaban J connectivity index is 0.000000190. The molecule has 0 aliphatic carbocycles. The number of nitrogens with zero attached hydrogens (tertiary/aromatic N) is 6. The molecule has 2 amide bonds. The molecule has 10 rings (SSSR count). The number of rotatable bonds is 12. The summed E-state index contributed by atoms with van der Waals surface area (Å²) >= 11 is 1.91. The first kappa shape index (κ1) is 54.4. The van der Waals surface area contributed by atoms with Crippen LogP contribution in [0.5, 0.6) is 0 Å². The topological polar surface area (TPSA) is 191 Å². The van der Waals surface area contributed by atoms with Gasteiger partial charge in [0.05, 0.1) is 38.2 Å². The second-order valence-corrected chi connectivity index (χ2v) is 19.1. The van der Waals surface area contributed by atoms with E-state index in [-0.39, 0.29) is 34.3 Å². The van der Waals surface area contributed by atoms with Crippen molar-refractivity contribution in [3.8, 4) is 23.7 Å². The molecule has 16 nitrogen and oxygen atoms in total. The highest BCUT2D eigenvalue weighted by Gasteiger charge is 2.67. The van der Waals surface area contributed by atoms with E-state index in [1.54, 1.807) is 177 Å². The molecule has 0 spiro atoms. The van der Waals surface area contributed by atoms with Gasteiger partial charge in [-0.3, -0.25) is 9.59 Å². The van der Waals surface area contributed by atoms with Gasteiger partial charge in [-0.1, -0.05) is 128 Å². The first-order chi connectivity index (χ1) is 37.7. The van der Waals surface area contributed by atoms with Crippen molar-refractivity contribution in [2.75, 3.05) is 15.1 Å². The molecule has 0 saturated carbocycles. The lowest BCUT2D eigenvalue weighted by molar-refractivity contribution is -0.173. The van der Waals surface area contributed by atoms with Crippen molar-refractivity contribution in [3.63, 3.8) is 0 Å². The summed E-state index contributed by atoms with van der Waals surface area (Å²) in [6.07, 6.45) is 3.51. The van der Waals surface area contributed by atoms with Gasteiger partial charge < -0.3 is 38.7 Å². The maximum atomic E-state index is 16.2. The first-order valence-electron chi connectivity index (χ1n) is 24.8. The van der Waals surface area contributed by atoms with Crippen molar-refractivity contribution in [1.29, 1.82) is 0 Å². The predicted molar refractivity (Wildman–Crippen MR) is 295 cm³/mol. The number of halogens is 3. The zero-order valence-corrected chi connectivity index (χ0v) is 45.0. The van der Waals surface area contributed by atoms with Crippen LogP contribution >= 0.6 is 22.6 Å². The summed E-state index contributed by atoms with van der Waals surface area (Å²) in [5, 5.41) is 6.61. The molecule has 4 aromatic heterocycles. The highest BCUT2D eigenvalue weighted by atomic mass is 127. The van der Waals surface area contributed by atoms with Crippen LogP contribution in [0.3, 0.4) is 0 Å². The quantitative estimate of drug-likeness (QED) is 0.0510. The Morgan fingerprint density at radius 2 is 0.936 bits per heavy atom. The van der Waals surface area contributed by atoms with E-state index in [1.807, 2.05) is 34.7 Å². The van der Waals surface area contributed by atoms with Gasteiger partial charge in [-0.05, 0) is 74.5 Å². The van der Waals surface area contributed by atoms with Crippen molar-refractivity contribution < 1.29 is 46.9 Å². The van der Waals surface area contributed by atoms with Gasteiger partial charge in [-0.15, -0.1) is 11.8 Å². The third-order valence-corrected chi connectivity index (χ3v) is 14.9. The second-order valence-electron chi connectivity index (χ2n) is 18.3. The van der Waals surface area contributed by atoms with Gasteiger partial charge in [0.1, 0.15) is 35.6 Å². The minimum Gasteiger partial charge on any atom is -0.437 e. The molecule has 2 aliphatic heterocycles. The number of fused-ring (bicyclic) bond motifs is 2. The minimum absolute atomic E-state index is 0.00721. The van der Waals surface area contributed by atoms with E-state index in [0.29, 0.717) is 44.3 Å². The molecule has 8 aromatic rings. The number of ether oxygens (including phenoxy) is 4. The number of anilines is 2.